The van der Waals surface area contributed by atoms with Gasteiger partial charge in [0, 0.05) is 0 Å². The van der Waals surface area contributed by atoms with Gasteiger partial charge in [-0.05, 0) is 49.8 Å². The van der Waals surface area contributed by atoms with Crippen molar-refractivity contribution in [2.24, 2.45) is 0 Å². The molecule has 0 aliphatic rings. The predicted molar refractivity (Wildman–Crippen MR) is 86.6 cm³/mol. The van der Waals surface area contributed by atoms with Crippen molar-refractivity contribution in [2.45, 2.75) is 65.9 Å². The average molecular weight is 262 g/mol. The summed E-state index contributed by atoms with van der Waals surface area (Å²) in [4.78, 5) is 0. The summed E-state index contributed by atoms with van der Waals surface area (Å²) in [6.45, 7) is 16.0. The Hall–Kier alpha value is -1.08. The Balaban J connectivity index is 0.000000399. The summed E-state index contributed by atoms with van der Waals surface area (Å²) in [5.74, 6) is 0.601. The minimum atomic E-state index is -0.450. The Kier molecular flexibility index (Phi) is 7.70. The first-order chi connectivity index (χ1) is 8.71. The van der Waals surface area contributed by atoms with Crippen molar-refractivity contribution in [2.75, 3.05) is 0 Å². The largest absolute Gasteiger partial charge is 0.390 e. The van der Waals surface area contributed by atoms with E-state index >= 15 is 0 Å². The Morgan fingerprint density at radius 1 is 1.32 bits per heavy atom. The molecule has 1 aromatic rings. The molecule has 0 amide bonds. The van der Waals surface area contributed by atoms with Gasteiger partial charge in [-0.3, -0.25) is 0 Å². The van der Waals surface area contributed by atoms with E-state index in [1.165, 1.54) is 16.7 Å². The van der Waals surface area contributed by atoms with Crippen LogP contribution in [0, 0.1) is 6.92 Å². The van der Waals surface area contributed by atoms with E-state index in [1.54, 1.807) is 0 Å². The van der Waals surface area contributed by atoms with E-state index in [2.05, 4.69) is 52.5 Å². The van der Waals surface area contributed by atoms with E-state index in [9.17, 15) is 0 Å². The summed E-state index contributed by atoms with van der Waals surface area (Å²) in [5, 5.41) is 9.02. The van der Waals surface area contributed by atoms with Crippen LogP contribution in [0.5, 0.6) is 0 Å². The molecule has 0 heterocycles. The molecule has 0 aromatic heterocycles. The summed E-state index contributed by atoms with van der Waals surface area (Å²) < 4.78 is 0. The Morgan fingerprint density at radius 2 is 1.89 bits per heavy atom. The quantitative estimate of drug-likeness (QED) is 0.778. The highest BCUT2D eigenvalue weighted by atomic mass is 16.3. The minimum Gasteiger partial charge on any atom is -0.390 e. The molecule has 0 spiro atoms. The molecule has 1 aromatic carbocycles. The normalized spacial score (nSPS) is 10.9. The summed E-state index contributed by atoms with van der Waals surface area (Å²) in [6, 6.07) is 6.56. The monoisotopic (exact) mass is 262 g/mol. The molecule has 1 rings (SSSR count). The molecular weight excluding hydrogens is 232 g/mol. The van der Waals surface area contributed by atoms with Crippen LogP contribution in [0.3, 0.4) is 0 Å². The summed E-state index contributed by atoms with van der Waals surface area (Å²) in [5.41, 5.74) is 3.49. The van der Waals surface area contributed by atoms with Crippen molar-refractivity contribution >= 4 is 6.08 Å². The van der Waals surface area contributed by atoms with Crippen molar-refractivity contribution in [1.29, 1.82) is 0 Å². The molecule has 0 aliphatic carbocycles. The summed E-state index contributed by atoms with van der Waals surface area (Å²) in [6.07, 6.45) is 3.87. The number of hydrogen-bond acceptors (Lipinski definition) is 1. The second kappa shape index (κ2) is 8.16. The van der Waals surface area contributed by atoms with Crippen LogP contribution in [-0.2, 0) is 0 Å². The van der Waals surface area contributed by atoms with Crippen LogP contribution in [0.4, 0.5) is 0 Å². The molecule has 0 bridgehead atoms. The maximum atomic E-state index is 9.02. The van der Waals surface area contributed by atoms with Crippen LogP contribution in [-0.4, -0.2) is 10.7 Å². The first kappa shape index (κ1) is 17.9. The molecular formula is C18H30O. The van der Waals surface area contributed by atoms with E-state index < -0.39 is 5.60 Å². The molecule has 1 N–H and O–H groups in total. The fourth-order valence-electron chi connectivity index (χ4n) is 1.85. The van der Waals surface area contributed by atoms with Gasteiger partial charge in [0.05, 0.1) is 5.60 Å². The fraction of sp³-hybridized carbons (Fsp3) is 0.556. The zero-order valence-electron chi connectivity index (χ0n) is 13.5. The van der Waals surface area contributed by atoms with Gasteiger partial charge in [0.15, 0.2) is 0 Å². The van der Waals surface area contributed by atoms with Crippen LogP contribution >= 0.6 is 0 Å². The predicted octanol–water partition coefficient (Wildman–Crippen LogP) is 5.32. The molecule has 0 atom stereocenters. The van der Waals surface area contributed by atoms with E-state index in [4.69, 9.17) is 5.11 Å². The van der Waals surface area contributed by atoms with Crippen LogP contribution in [0.2, 0.25) is 0 Å². The van der Waals surface area contributed by atoms with E-state index in [0.29, 0.717) is 5.92 Å². The van der Waals surface area contributed by atoms with Crippen molar-refractivity contribution < 1.29 is 5.11 Å². The van der Waals surface area contributed by atoms with Gasteiger partial charge in [0.2, 0.25) is 0 Å². The lowest BCUT2D eigenvalue weighted by Gasteiger charge is -2.14. The highest BCUT2D eigenvalue weighted by molar-refractivity contribution is 5.53. The Morgan fingerprint density at radius 3 is 2.21 bits per heavy atom. The number of benzene rings is 1. The van der Waals surface area contributed by atoms with Gasteiger partial charge in [-0.2, -0.15) is 0 Å². The third kappa shape index (κ3) is 7.84. The Labute approximate surface area is 119 Å². The van der Waals surface area contributed by atoms with Crippen LogP contribution in [0.15, 0.2) is 24.8 Å². The van der Waals surface area contributed by atoms with Gasteiger partial charge in [0.25, 0.3) is 0 Å². The van der Waals surface area contributed by atoms with Gasteiger partial charge in [0.1, 0.15) is 0 Å². The number of aryl methyl sites for hydroxylation is 1. The lowest BCUT2D eigenvalue weighted by molar-refractivity contribution is 0.0703. The molecule has 0 saturated carbocycles. The zero-order chi connectivity index (χ0) is 15.1. The molecule has 0 radical (unpaired) electrons. The topological polar surface area (TPSA) is 20.2 Å². The van der Waals surface area contributed by atoms with Crippen molar-refractivity contribution in [1.82, 2.24) is 0 Å². The van der Waals surface area contributed by atoms with E-state index in [-0.39, 0.29) is 0 Å². The first-order valence-electron chi connectivity index (χ1n) is 7.16. The van der Waals surface area contributed by atoms with E-state index in [1.807, 2.05) is 19.9 Å². The van der Waals surface area contributed by atoms with Crippen LogP contribution < -0.4 is 0 Å². The molecule has 108 valence electrons. The van der Waals surface area contributed by atoms with Crippen LogP contribution in [0.1, 0.15) is 70.1 Å². The summed E-state index contributed by atoms with van der Waals surface area (Å²) in [7, 11) is 0. The van der Waals surface area contributed by atoms with Gasteiger partial charge in [-0.1, -0.05) is 58.0 Å². The molecule has 0 aliphatic heterocycles. The minimum absolute atomic E-state index is 0.450. The highest BCUT2D eigenvalue weighted by Gasteiger charge is 2.08. The zero-order valence-corrected chi connectivity index (χ0v) is 13.5. The van der Waals surface area contributed by atoms with Gasteiger partial charge < -0.3 is 5.11 Å². The SMILES string of the molecule is C=Cc1cc(C(C)C)ccc1C.CCCC(C)(C)O. The molecule has 0 fully saturated rings. The Bertz CT molecular complexity index is 383. The van der Waals surface area contributed by atoms with Gasteiger partial charge >= 0.3 is 0 Å². The maximum absolute atomic E-state index is 9.02. The van der Waals surface area contributed by atoms with E-state index in [0.717, 1.165) is 12.8 Å². The maximum Gasteiger partial charge on any atom is 0.0591 e. The van der Waals surface area contributed by atoms with Crippen molar-refractivity contribution in [3.05, 3.63) is 41.5 Å². The first-order valence-corrected chi connectivity index (χ1v) is 7.16. The number of aliphatic hydroxyl groups is 1. The second-order valence-electron chi connectivity index (χ2n) is 6.04. The third-order valence-corrected chi connectivity index (χ3v) is 3.05. The molecule has 19 heavy (non-hydrogen) atoms. The van der Waals surface area contributed by atoms with Crippen LogP contribution in [0.25, 0.3) is 6.08 Å². The molecule has 0 unspecified atom stereocenters. The average Bonchev–Trinajstić information content (AvgIpc) is 2.28. The van der Waals surface area contributed by atoms with Gasteiger partial charge in [-0.25, -0.2) is 0 Å². The standard InChI is InChI=1S/C12H16.C6H14O/c1-5-11-8-12(9(2)3)7-6-10(11)4;1-4-5-6(2,3)7/h5-9H,1H2,2-4H3;7H,4-5H2,1-3H3. The molecule has 1 heteroatoms. The molecule has 0 saturated heterocycles. The highest BCUT2D eigenvalue weighted by Crippen LogP contribution is 2.18. The number of hydrogen-bond donors (Lipinski definition) is 1. The fourth-order valence-corrected chi connectivity index (χ4v) is 1.85. The molecule has 1 nitrogen and oxygen atoms in total. The smallest absolute Gasteiger partial charge is 0.0591 e. The van der Waals surface area contributed by atoms with Crippen molar-refractivity contribution in [3.8, 4) is 0 Å². The summed E-state index contributed by atoms with van der Waals surface area (Å²) >= 11 is 0. The second-order valence-corrected chi connectivity index (χ2v) is 6.04. The third-order valence-electron chi connectivity index (χ3n) is 3.05. The van der Waals surface area contributed by atoms with Gasteiger partial charge in [-0.15, -0.1) is 0 Å². The lowest BCUT2D eigenvalue weighted by atomic mass is 9.98. The van der Waals surface area contributed by atoms with Crippen molar-refractivity contribution in [3.63, 3.8) is 0 Å². The number of rotatable bonds is 4. The lowest BCUT2D eigenvalue weighted by Crippen LogP contribution is -2.16.